The number of nitrogens with two attached hydrogens (primary N) is 1. The van der Waals surface area contributed by atoms with Gasteiger partial charge in [0.25, 0.3) is 0 Å². The van der Waals surface area contributed by atoms with Crippen molar-refractivity contribution < 1.29 is 19.7 Å². The van der Waals surface area contributed by atoms with Gasteiger partial charge in [-0.15, -0.1) is 0 Å². The maximum atomic E-state index is 14.0. The van der Waals surface area contributed by atoms with E-state index in [1.807, 2.05) is 0 Å². The van der Waals surface area contributed by atoms with Crippen LogP contribution in [-0.2, 0) is 0 Å². The molecule has 1 saturated carbocycles. The summed E-state index contributed by atoms with van der Waals surface area (Å²) >= 11 is 0. The number of nitrogens with zero attached hydrogens (tertiary/aromatic N) is 3. The summed E-state index contributed by atoms with van der Waals surface area (Å²) in [5.41, 5.74) is 6.08. The number of anilines is 1. The topological polar surface area (TPSA) is 117 Å². The Morgan fingerprint density at radius 3 is 2.81 bits per heavy atom. The molecule has 0 saturated heterocycles. The van der Waals surface area contributed by atoms with Crippen LogP contribution in [0.25, 0.3) is 11.0 Å². The van der Waals surface area contributed by atoms with E-state index in [1.165, 1.54) is 10.9 Å². The number of fused-ring (bicyclic) bond motifs is 1. The third kappa shape index (κ3) is 2.15. The standard InChI is InChI=1S/C13H17FN4O3/c14-7-4-16-13(15)9-10(7)18(5-17-9)8-3-6(1-2-19)11(20)12(8)21/h4-6,8,11-12,19-21H,1-3H2,(H2,15,16)/t6-,8+,11+,12-/m0/s1. The van der Waals surface area contributed by atoms with E-state index in [0.29, 0.717) is 12.8 Å². The fraction of sp³-hybridized carbons (Fsp3) is 0.538. The van der Waals surface area contributed by atoms with E-state index in [1.54, 1.807) is 0 Å². The van der Waals surface area contributed by atoms with Gasteiger partial charge in [-0.05, 0) is 18.8 Å². The lowest BCUT2D eigenvalue weighted by Crippen LogP contribution is -2.29. The first kappa shape index (κ1) is 14.2. The second-order valence-corrected chi connectivity index (χ2v) is 5.40. The van der Waals surface area contributed by atoms with Crippen LogP contribution in [0.1, 0.15) is 18.9 Å². The number of aliphatic hydroxyl groups excluding tert-OH is 3. The highest BCUT2D eigenvalue weighted by molar-refractivity contribution is 5.85. The fourth-order valence-electron chi connectivity index (χ4n) is 3.11. The quantitative estimate of drug-likeness (QED) is 0.624. The summed E-state index contributed by atoms with van der Waals surface area (Å²) in [5.74, 6) is -0.705. The van der Waals surface area contributed by atoms with E-state index in [0.717, 1.165) is 6.20 Å². The monoisotopic (exact) mass is 296 g/mol. The van der Waals surface area contributed by atoms with Crippen molar-refractivity contribution in [1.82, 2.24) is 14.5 Å². The van der Waals surface area contributed by atoms with Gasteiger partial charge >= 0.3 is 0 Å². The Kier molecular flexibility index (Phi) is 3.52. The van der Waals surface area contributed by atoms with Gasteiger partial charge in [-0.1, -0.05) is 0 Å². The van der Waals surface area contributed by atoms with Gasteiger partial charge in [-0.3, -0.25) is 0 Å². The van der Waals surface area contributed by atoms with Crippen molar-refractivity contribution in [3.63, 3.8) is 0 Å². The lowest BCUT2D eigenvalue weighted by molar-refractivity contribution is 0.00276. The van der Waals surface area contributed by atoms with E-state index in [-0.39, 0.29) is 29.4 Å². The Labute approximate surface area is 119 Å². The molecular weight excluding hydrogens is 279 g/mol. The molecule has 2 aromatic rings. The average Bonchev–Trinajstić information content (AvgIpc) is 3.01. The van der Waals surface area contributed by atoms with Crippen LogP contribution < -0.4 is 5.73 Å². The highest BCUT2D eigenvalue weighted by atomic mass is 19.1. The molecule has 5 N–H and O–H groups in total. The molecular formula is C13H17FN4O3. The van der Waals surface area contributed by atoms with Crippen LogP contribution in [0.2, 0.25) is 0 Å². The summed E-state index contributed by atoms with van der Waals surface area (Å²) in [6.45, 7) is -0.0723. The van der Waals surface area contributed by atoms with Gasteiger partial charge < -0.3 is 25.6 Å². The largest absolute Gasteiger partial charge is 0.396 e. The zero-order chi connectivity index (χ0) is 15.1. The minimum atomic E-state index is -1.05. The number of aromatic nitrogens is 3. The van der Waals surface area contributed by atoms with Crippen LogP contribution in [0.5, 0.6) is 0 Å². The van der Waals surface area contributed by atoms with Crippen LogP contribution in [0.4, 0.5) is 10.2 Å². The van der Waals surface area contributed by atoms with Crippen molar-refractivity contribution in [1.29, 1.82) is 0 Å². The molecule has 8 heteroatoms. The van der Waals surface area contributed by atoms with Crippen molar-refractivity contribution in [2.24, 2.45) is 5.92 Å². The molecule has 2 aromatic heterocycles. The maximum Gasteiger partial charge on any atom is 0.167 e. The number of halogens is 1. The Morgan fingerprint density at radius 1 is 1.33 bits per heavy atom. The highest BCUT2D eigenvalue weighted by Crippen LogP contribution is 2.39. The molecule has 1 aliphatic rings. The number of imidazole rings is 1. The van der Waals surface area contributed by atoms with Crippen LogP contribution >= 0.6 is 0 Å². The Hall–Kier alpha value is -1.77. The summed E-state index contributed by atoms with van der Waals surface area (Å²) in [7, 11) is 0. The molecule has 2 heterocycles. The predicted octanol–water partition coefficient (Wildman–Crippen LogP) is -0.182. The molecule has 0 radical (unpaired) electrons. The second kappa shape index (κ2) is 5.21. The molecule has 1 aliphatic carbocycles. The third-order valence-electron chi connectivity index (χ3n) is 4.21. The Morgan fingerprint density at radius 2 is 2.10 bits per heavy atom. The van der Waals surface area contributed by atoms with Crippen molar-refractivity contribution in [3.05, 3.63) is 18.3 Å². The first-order valence-corrected chi connectivity index (χ1v) is 6.78. The summed E-state index contributed by atoms with van der Waals surface area (Å²) in [4.78, 5) is 7.75. The predicted molar refractivity (Wildman–Crippen MR) is 72.8 cm³/mol. The van der Waals surface area contributed by atoms with E-state index in [9.17, 15) is 14.6 Å². The van der Waals surface area contributed by atoms with Gasteiger partial charge in [0, 0.05) is 6.61 Å². The number of rotatable bonds is 3. The van der Waals surface area contributed by atoms with Crippen LogP contribution in [0.3, 0.4) is 0 Å². The van der Waals surface area contributed by atoms with E-state index in [2.05, 4.69) is 9.97 Å². The molecule has 0 aliphatic heterocycles. The summed E-state index contributed by atoms with van der Waals surface area (Å²) < 4.78 is 15.5. The van der Waals surface area contributed by atoms with Crippen molar-refractivity contribution >= 4 is 16.9 Å². The number of aliphatic hydroxyl groups is 3. The molecule has 21 heavy (non-hydrogen) atoms. The van der Waals surface area contributed by atoms with E-state index >= 15 is 0 Å². The van der Waals surface area contributed by atoms with Gasteiger partial charge in [0.1, 0.15) is 17.1 Å². The first-order valence-electron chi connectivity index (χ1n) is 6.78. The molecule has 7 nitrogen and oxygen atoms in total. The van der Waals surface area contributed by atoms with Gasteiger partial charge in [0.2, 0.25) is 0 Å². The molecule has 114 valence electrons. The van der Waals surface area contributed by atoms with Gasteiger partial charge in [-0.2, -0.15) is 0 Å². The normalized spacial score (nSPS) is 29.3. The molecule has 0 aromatic carbocycles. The summed E-state index contributed by atoms with van der Waals surface area (Å²) in [6.07, 6.45) is 1.21. The number of hydrogen-bond donors (Lipinski definition) is 4. The first-order chi connectivity index (χ1) is 10.0. The lowest BCUT2D eigenvalue weighted by atomic mass is 10.0. The zero-order valence-electron chi connectivity index (χ0n) is 11.2. The minimum absolute atomic E-state index is 0.0723. The highest BCUT2D eigenvalue weighted by Gasteiger charge is 2.42. The summed E-state index contributed by atoms with van der Waals surface area (Å²) in [6, 6.07) is -0.516. The smallest absolute Gasteiger partial charge is 0.167 e. The summed E-state index contributed by atoms with van der Waals surface area (Å²) in [5, 5.41) is 29.2. The fourth-order valence-corrected chi connectivity index (χ4v) is 3.11. The molecule has 0 bridgehead atoms. The van der Waals surface area contributed by atoms with Crippen molar-refractivity contribution in [2.75, 3.05) is 12.3 Å². The number of nitrogen functional groups attached to an aromatic ring is 1. The molecule has 4 atom stereocenters. The van der Waals surface area contributed by atoms with E-state index < -0.39 is 24.1 Å². The van der Waals surface area contributed by atoms with Gasteiger partial charge in [0.15, 0.2) is 11.6 Å². The molecule has 1 fully saturated rings. The van der Waals surface area contributed by atoms with Gasteiger partial charge in [-0.25, -0.2) is 14.4 Å². The molecule has 3 rings (SSSR count). The molecule has 0 spiro atoms. The SMILES string of the molecule is Nc1ncc(F)c2c1ncn2[C@@H]1C[C@H](CCO)[C@@H](O)[C@H]1O. The average molecular weight is 296 g/mol. The maximum absolute atomic E-state index is 14.0. The number of hydrogen-bond acceptors (Lipinski definition) is 6. The lowest BCUT2D eigenvalue weighted by Gasteiger charge is -2.18. The van der Waals surface area contributed by atoms with Gasteiger partial charge in [0.05, 0.1) is 24.7 Å². The van der Waals surface area contributed by atoms with Crippen LogP contribution in [0.15, 0.2) is 12.5 Å². The minimum Gasteiger partial charge on any atom is -0.396 e. The third-order valence-corrected chi connectivity index (χ3v) is 4.21. The van der Waals surface area contributed by atoms with Crippen LogP contribution in [-0.4, -0.2) is 48.7 Å². The Balaban J connectivity index is 2.03. The number of pyridine rings is 1. The molecule has 0 amide bonds. The van der Waals surface area contributed by atoms with Crippen LogP contribution in [0, 0.1) is 11.7 Å². The van der Waals surface area contributed by atoms with Crippen molar-refractivity contribution in [3.8, 4) is 0 Å². The van der Waals surface area contributed by atoms with E-state index in [4.69, 9.17) is 10.8 Å². The zero-order valence-corrected chi connectivity index (χ0v) is 11.2. The molecule has 0 unspecified atom stereocenters. The van der Waals surface area contributed by atoms with Crippen molar-refractivity contribution in [2.45, 2.75) is 31.1 Å². The Bertz CT molecular complexity index is 662. The second-order valence-electron chi connectivity index (χ2n) is 5.40.